The lowest BCUT2D eigenvalue weighted by molar-refractivity contribution is 0.169. The minimum Gasteiger partial charge on any atom is -0.314 e. The number of rotatable bonds is 2. The summed E-state index contributed by atoms with van der Waals surface area (Å²) >= 11 is 0. The molecule has 0 radical (unpaired) electrons. The topological polar surface area (TPSA) is 12.0 Å². The molecule has 4 unspecified atom stereocenters. The summed E-state index contributed by atoms with van der Waals surface area (Å²) in [5, 5.41) is 3.76. The standard InChI is InChI=1S/C14H27N/c1-3-12-5-4-6-13(10-12)14-9-11(2)7-8-15-14/h11-15H,3-10H2,1-2H3. The van der Waals surface area contributed by atoms with Crippen molar-refractivity contribution < 1.29 is 0 Å². The minimum atomic E-state index is 0.850. The fourth-order valence-electron chi connectivity index (χ4n) is 3.58. The van der Waals surface area contributed by atoms with Crippen molar-refractivity contribution in [2.45, 2.75) is 64.8 Å². The smallest absolute Gasteiger partial charge is 0.00979 e. The molecule has 2 fully saturated rings. The first kappa shape index (κ1) is 11.4. The molecule has 88 valence electrons. The van der Waals surface area contributed by atoms with Gasteiger partial charge in [0.25, 0.3) is 0 Å². The Hall–Kier alpha value is -0.0400. The van der Waals surface area contributed by atoms with Gasteiger partial charge in [0.05, 0.1) is 0 Å². The minimum absolute atomic E-state index is 0.850. The van der Waals surface area contributed by atoms with Crippen molar-refractivity contribution in [1.29, 1.82) is 0 Å². The molecule has 0 bridgehead atoms. The maximum atomic E-state index is 3.76. The van der Waals surface area contributed by atoms with Crippen LogP contribution in [0.25, 0.3) is 0 Å². The van der Waals surface area contributed by atoms with E-state index >= 15 is 0 Å². The van der Waals surface area contributed by atoms with Gasteiger partial charge in [0.2, 0.25) is 0 Å². The first-order valence-corrected chi connectivity index (χ1v) is 7.03. The molecule has 2 rings (SSSR count). The predicted molar refractivity (Wildman–Crippen MR) is 65.9 cm³/mol. The lowest BCUT2D eigenvalue weighted by atomic mass is 9.74. The maximum absolute atomic E-state index is 3.76. The maximum Gasteiger partial charge on any atom is 0.00979 e. The number of piperidine rings is 1. The molecule has 1 heteroatoms. The molecular weight excluding hydrogens is 182 g/mol. The van der Waals surface area contributed by atoms with Gasteiger partial charge in [0.15, 0.2) is 0 Å². The molecule has 1 aliphatic carbocycles. The van der Waals surface area contributed by atoms with Gasteiger partial charge < -0.3 is 5.32 Å². The normalized spacial score (nSPS) is 42.8. The van der Waals surface area contributed by atoms with E-state index < -0.39 is 0 Å². The fourth-order valence-corrected chi connectivity index (χ4v) is 3.58. The fraction of sp³-hybridized carbons (Fsp3) is 1.00. The molecule has 0 aromatic carbocycles. The number of nitrogens with one attached hydrogen (secondary N) is 1. The van der Waals surface area contributed by atoms with E-state index in [1.807, 2.05) is 0 Å². The highest BCUT2D eigenvalue weighted by molar-refractivity contribution is 4.86. The zero-order valence-electron chi connectivity index (χ0n) is 10.5. The molecule has 0 aromatic rings. The van der Waals surface area contributed by atoms with Crippen molar-refractivity contribution in [3.8, 4) is 0 Å². The molecule has 4 atom stereocenters. The summed E-state index contributed by atoms with van der Waals surface area (Å²) in [6, 6.07) is 0.850. The third-order valence-electron chi connectivity index (χ3n) is 4.67. The molecule has 1 aliphatic heterocycles. The first-order chi connectivity index (χ1) is 7.29. The van der Waals surface area contributed by atoms with Crippen molar-refractivity contribution in [3.63, 3.8) is 0 Å². The van der Waals surface area contributed by atoms with Gasteiger partial charge in [0, 0.05) is 6.04 Å². The van der Waals surface area contributed by atoms with Crippen LogP contribution in [0.5, 0.6) is 0 Å². The lowest BCUT2D eigenvalue weighted by Crippen LogP contribution is -2.44. The molecule has 0 spiro atoms. The van der Waals surface area contributed by atoms with Crippen LogP contribution in [0, 0.1) is 17.8 Å². The quantitative estimate of drug-likeness (QED) is 0.733. The molecule has 1 heterocycles. The van der Waals surface area contributed by atoms with E-state index in [1.54, 1.807) is 0 Å². The molecule has 2 aliphatic rings. The Labute approximate surface area is 95.0 Å². The van der Waals surface area contributed by atoms with Gasteiger partial charge in [-0.05, 0) is 50.0 Å². The van der Waals surface area contributed by atoms with Crippen LogP contribution in [0.3, 0.4) is 0 Å². The Balaban J connectivity index is 1.86. The lowest BCUT2D eigenvalue weighted by Gasteiger charge is -2.38. The van der Waals surface area contributed by atoms with Crippen LogP contribution in [0.4, 0.5) is 0 Å². The van der Waals surface area contributed by atoms with Crippen LogP contribution < -0.4 is 5.32 Å². The summed E-state index contributed by atoms with van der Waals surface area (Å²) in [7, 11) is 0. The van der Waals surface area contributed by atoms with Crippen molar-refractivity contribution in [2.24, 2.45) is 17.8 Å². The number of hydrogen-bond donors (Lipinski definition) is 1. The zero-order chi connectivity index (χ0) is 10.7. The summed E-state index contributed by atoms with van der Waals surface area (Å²) in [6.45, 7) is 6.05. The van der Waals surface area contributed by atoms with Crippen molar-refractivity contribution in [1.82, 2.24) is 5.32 Å². The third-order valence-corrected chi connectivity index (χ3v) is 4.67. The van der Waals surface area contributed by atoms with E-state index in [9.17, 15) is 0 Å². The highest BCUT2D eigenvalue weighted by atomic mass is 14.9. The summed E-state index contributed by atoms with van der Waals surface area (Å²) in [5.74, 6) is 2.98. The summed E-state index contributed by atoms with van der Waals surface area (Å²) in [6.07, 6.45) is 10.2. The van der Waals surface area contributed by atoms with Crippen LogP contribution >= 0.6 is 0 Å². The van der Waals surface area contributed by atoms with Crippen LogP contribution in [0.1, 0.15) is 58.8 Å². The molecule has 1 nitrogen and oxygen atoms in total. The molecule has 1 saturated carbocycles. The van der Waals surface area contributed by atoms with Gasteiger partial charge in [-0.3, -0.25) is 0 Å². The largest absolute Gasteiger partial charge is 0.314 e. The van der Waals surface area contributed by atoms with Crippen molar-refractivity contribution >= 4 is 0 Å². The highest BCUT2D eigenvalue weighted by Gasteiger charge is 2.30. The molecular formula is C14H27N. The monoisotopic (exact) mass is 209 g/mol. The van der Waals surface area contributed by atoms with Crippen LogP contribution in [0.15, 0.2) is 0 Å². The van der Waals surface area contributed by atoms with E-state index in [1.165, 1.54) is 51.5 Å². The Morgan fingerprint density at radius 1 is 1.13 bits per heavy atom. The summed E-state index contributed by atoms with van der Waals surface area (Å²) in [4.78, 5) is 0. The van der Waals surface area contributed by atoms with Gasteiger partial charge >= 0.3 is 0 Å². The van der Waals surface area contributed by atoms with Crippen molar-refractivity contribution in [2.75, 3.05) is 6.54 Å². The van der Waals surface area contributed by atoms with Gasteiger partial charge in [-0.2, -0.15) is 0 Å². The Kier molecular flexibility index (Phi) is 4.07. The van der Waals surface area contributed by atoms with Crippen molar-refractivity contribution in [3.05, 3.63) is 0 Å². The van der Waals surface area contributed by atoms with Gasteiger partial charge in [-0.1, -0.05) is 33.1 Å². The summed E-state index contributed by atoms with van der Waals surface area (Å²) < 4.78 is 0. The Morgan fingerprint density at radius 2 is 2.00 bits per heavy atom. The zero-order valence-corrected chi connectivity index (χ0v) is 10.5. The van der Waals surface area contributed by atoms with E-state index in [2.05, 4.69) is 19.2 Å². The molecule has 1 saturated heterocycles. The Bertz CT molecular complexity index is 190. The molecule has 0 amide bonds. The van der Waals surface area contributed by atoms with Gasteiger partial charge in [-0.15, -0.1) is 0 Å². The molecule has 1 N–H and O–H groups in total. The average molecular weight is 209 g/mol. The van der Waals surface area contributed by atoms with Crippen LogP contribution in [-0.2, 0) is 0 Å². The second kappa shape index (κ2) is 5.34. The van der Waals surface area contributed by atoms with E-state index in [-0.39, 0.29) is 0 Å². The highest BCUT2D eigenvalue weighted by Crippen LogP contribution is 2.35. The van der Waals surface area contributed by atoms with Gasteiger partial charge in [-0.25, -0.2) is 0 Å². The van der Waals surface area contributed by atoms with Gasteiger partial charge in [0.1, 0.15) is 0 Å². The number of hydrogen-bond acceptors (Lipinski definition) is 1. The second-order valence-corrected chi connectivity index (χ2v) is 5.89. The van der Waals surface area contributed by atoms with E-state index in [4.69, 9.17) is 0 Å². The first-order valence-electron chi connectivity index (χ1n) is 7.03. The predicted octanol–water partition coefficient (Wildman–Crippen LogP) is 3.59. The third kappa shape index (κ3) is 2.96. The second-order valence-electron chi connectivity index (χ2n) is 5.89. The molecule has 15 heavy (non-hydrogen) atoms. The molecule has 0 aromatic heterocycles. The van der Waals surface area contributed by atoms with E-state index in [0.717, 1.165) is 23.8 Å². The average Bonchev–Trinajstić information content (AvgIpc) is 2.29. The van der Waals surface area contributed by atoms with E-state index in [0.29, 0.717) is 0 Å². The Morgan fingerprint density at radius 3 is 2.73 bits per heavy atom. The van der Waals surface area contributed by atoms with Crippen LogP contribution in [0.2, 0.25) is 0 Å². The van der Waals surface area contributed by atoms with Crippen LogP contribution in [-0.4, -0.2) is 12.6 Å². The summed E-state index contributed by atoms with van der Waals surface area (Å²) in [5.41, 5.74) is 0. The SMILES string of the molecule is CCC1CCCC(C2CC(C)CCN2)C1.